The van der Waals surface area contributed by atoms with Crippen molar-refractivity contribution in [1.82, 2.24) is 14.9 Å². The quantitative estimate of drug-likeness (QED) is 0.544. The maximum atomic E-state index is 13.6. The van der Waals surface area contributed by atoms with Crippen LogP contribution in [0.1, 0.15) is 76.1 Å². The number of hydrogen-bond donors (Lipinski definition) is 1. The van der Waals surface area contributed by atoms with Crippen molar-refractivity contribution in [3.05, 3.63) is 58.3 Å². The summed E-state index contributed by atoms with van der Waals surface area (Å²) in [6, 6.07) is 4.43. The van der Waals surface area contributed by atoms with Gasteiger partial charge in [-0.05, 0) is 68.7 Å². The van der Waals surface area contributed by atoms with Crippen LogP contribution in [-0.4, -0.2) is 41.1 Å². The Balaban J connectivity index is 1.92. The standard InChI is InChI=1S/C27H38N4O4/c1-18(2)12-24(31-11-9-19(3)13-25(31)32)27(34)29-23(15-26(33)35-5)21-14-22(17-28-16-21)30-10-7-6-8-20(30)4/h9,11,13-14,16-18,20,23-24H,6-8,10,12,15H2,1-5H3,(H,29,34)/t20-,23-,24?/m0/s1. The Labute approximate surface area is 207 Å². The van der Waals surface area contributed by atoms with Crippen molar-refractivity contribution in [3.8, 4) is 0 Å². The second-order valence-corrected chi connectivity index (χ2v) is 9.95. The predicted octanol–water partition coefficient (Wildman–Crippen LogP) is 3.94. The summed E-state index contributed by atoms with van der Waals surface area (Å²) in [6.45, 7) is 9.03. The molecule has 1 aliphatic rings. The van der Waals surface area contributed by atoms with Crippen LogP contribution in [0.2, 0.25) is 0 Å². The maximum absolute atomic E-state index is 13.6. The molecule has 0 aliphatic carbocycles. The molecule has 3 rings (SSSR count). The normalized spacial score (nSPS) is 17.7. The average molecular weight is 483 g/mol. The molecule has 1 fully saturated rings. The SMILES string of the molecule is COC(=O)C[C@H](NC(=O)C(CC(C)C)n1ccc(C)cc1=O)c1cncc(N2CCCC[C@@H]2C)c1. The third kappa shape index (κ3) is 6.93. The maximum Gasteiger partial charge on any atom is 0.307 e. The molecule has 8 nitrogen and oxygen atoms in total. The van der Waals surface area contributed by atoms with Crippen LogP contribution in [0, 0.1) is 12.8 Å². The smallest absolute Gasteiger partial charge is 0.307 e. The second-order valence-electron chi connectivity index (χ2n) is 9.95. The van der Waals surface area contributed by atoms with E-state index in [9.17, 15) is 14.4 Å². The van der Waals surface area contributed by atoms with Crippen molar-refractivity contribution in [1.29, 1.82) is 0 Å². The summed E-state index contributed by atoms with van der Waals surface area (Å²) in [7, 11) is 1.33. The van der Waals surface area contributed by atoms with Crippen LogP contribution in [0.5, 0.6) is 0 Å². The number of nitrogens with zero attached hydrogens (tertiary/aromatic N) is 3. The van der Waals surface area contributed by atoms with Gasteiger partial charge in [0.2, 0.25) is 5.91 Å². The van der Waals surface area contributed by atoms with Crippen LogP contribution in [-0.2, 0) is 14.3 Å². The minimum Gasteiger partial charge on any atom is -0.469 e. The zero-order chi connectivity index (χ0) is 25.5. The molecule has 3 atom stereocenters. The lowest BCUT2D eigenvalue weighted by atomic mass is 9.99. The summed E-state index contributed by atoms with van der Waals surface area (Å²) in [4.78, 5) is 45.3. The van der Waals surface area contributed by atoms with Gasteiger partial charge in [-0.3, -0.25) is 19.4 Å². The number of methoxy groups -OCH3 is 1. The van der Waals surface area contributed by atoms with Gasteiger partial charge in [-0.1, -0.05) is 13.8 Å². The first kappa shape index (κ1) is 26.4. The number of amides is 1. The molecule has 1 N–H and O–H groups in total. The van der Waals surface area contributed by atoms with Crippen molar-refractivity contribution in [3.63, 3.8) is 0 Å². The summed E-state index contributed by atoms with van der Waals surface area (Å²) in [5, 5.41) is 3.03. The molecule has 1 aliphatic heterocycles. The number of carbonyl (C=O) groups excluding carboxylic acids is 2. The highest BCUT2D eigenvalue weighted by atomic mass is 16.5. The lowest BCUT2D eigenvalue weighted by molar-refractivity contribution is -0.141. The van der Waals surface area contributed by atoms with E-state index >= 15 is 0 Å². The van der Waals surface area contributed by atoms with Crippen molar-refractivity contribution in [2.45, 2.75) is 77.9 Å². The number of esters is 1. The average Bonchev–Trinajstić information content (AvgIpc) is 2.82. The van der Waals surface area contributed by atoms with Crippen LogP contribution in [0.25, 0.3) is 0 Å². The number of ether oxygens (including phenoxy) is 1. The number of anilines is 1. The molecule has 0 aromatic carbocycles. The largest absolute Gasteiger partial charge is 0.469 e. The number of carbonyl (C=O) groups is 2. The fourth-order valence-electron chi connectivity index (χ4n) is 4.68. The summed E-state index contributed by atoms with van der Waals surface area (Å²) >= 11 is 0. The van der Waals surface area contributed by atoms with E-state index in [2.05, 4.69) is 22.1 Å². The predicted molar refractivity (Wildman–Crippen MR) is 136 cm³/mol. The number of pyridine rings is 2. The topological polar surface area (TPSA) is 93.5 Å². The first-order valence-corrected chi connectivity index (χ1v) is 12.5. The van der Waals surface area contributed by atoms with E-state index in [1.807, 2.05) is 39.1 Å². The van der Waals surface area contributed by atoms with Gasteiger partial charge in [0.1, 0.15) is 6.04 Å². The molecule has 3 heterocycles. The number of piperidine rings is 1. The third-order valence-electron chi connectivity index (χ3n) is 6.63. The molecule has 0 spiro atoms. The molecular formula is C27H38N4O4. The third-order valence-corrected chi connectivity index (χ3v) is 6.63. The molecule has 1 unspecified atom stereocenters. The van der Waals surface area contributed by atoms with Crippen molar-refractivity contribution < 1.29 is 14.3 Å². The van der Waals surface area contributed by atoms with Crippen LogP contribution in [0.3, 0.4) is 0 Å². The fraction of sp³-hybridized carbons (Fsp3) is 0.556. The number of aromatic nitrogens is 2. The highest BCUT2D eigenvalue weighted by molar-refractivity contribution is 5.81. The van der Waals surface area contributed by atoms with Crippen LogP contribution < -0.4 is 15.8 Å². The van der Waals surface area contributed by atoms with E-state index in [0.29, 0.717) is 12.5 Å². The van der Waals surface area contributed by atoms with E-state index in [0.717, 1.165) is 36.2 Å². The van der Waals surface area contributed by atoms with Gasteiger partial charge < -0.3 is 19.5 Å². The molecule has 1 saturated heterocycles. The summed E-state index contributed by atoms with van der Waals surface area (Å²) in [6.07, 6.45) is 9.09. The van der Waals surface area contributed by atoms with Gasteiger partial charge in [0.05, 0.1) is 31.5 Å². The van der Waals surface area contributed by atoms with E-state index < -0.39 is 18.1 Å². The van der Waals surface area contributed by atoms with Gasteiger partial charge in [0, 0.05) is 31.0 Å². The molecule has 0 bridgehead atoms. The Morgan fingerprint density at radius 1 is 1.23 bits per heavy atom. The lowest BCUT2D eigenvalue weighted by Crippen LogP contribution is -2.40. The van der Waals surface area contributed by atoms with Crippen molar-refractivity contribution in [2.24, 2.45) is 5.92 Å². The number of rotatable bonds is 9. The van der Waals surface area contributed by atoms with Crippen LogP contribution >= 0.6 is 0 Å². The first-order chi connectivity index (χ1) is 16.7. The summed E-state index contributed by atoms with van der Waals surface area (Å²) in [5.41, 5.74) is 2.33. The number of aryl methyl sites for hydroxylation is 1. The molecule has 8 heteroatoms. The molecular weight excluding hydrogens is 444 g/mol. The number of nitrogens with one attached hydrogen (secondary N) is 1. The van der Waals surface area contributed by atoms with E-state index in [1.54, 1.807) is 12.4 Å². The van der Waals surface area contributed by atoms with Gasteiger partial charge in [0.15, 0.2) is 0 Å². The van der Waals surface area contributed by atoms with E-state index in [1.165, 1.54) is 24.2 Å². The van der Waals surface area contributed by atoms with Crippen LogP contribution in [0.4, 0.5) is 5.69 Å². The molecule has 1 amide bonds. The van der Waals surface area contributed by atoms with Crippen molar-refractivity contribution >= 4 is 17.6 Å². The first-order valence-electron chi connectivity index (χ1n) is 12.5. The summed E-state index contributed by atoms with van der Waals surface area (Å²) in [5.74, 6) is -0.557. The van der Waals surface area contributed by atoms with Gasteiger partial charge >= 0.3 is 5.97 Å². The van der Waals surface area contributed by atoms with Gasteiger partial charge in [0.25, 0.3) is 5.56 Å². The Bertz CT molecular complexity index is 1080. The Kier molecular flexibility index (Phi) is 9.07. The summed E-state index contributed by atoms with van der Waals surface area (Å²) < 4.78 is 6.39. The minimum absolute atomic E-state index is 0.0277. The second kappa shape index (κ2) is 12.0. The fourth-order valence-corrected chi connectivity index (χ4v) is 4.68. The Morgan fingerprint density at radius 2 is 2.00 bits per heavy atom. The van der Waals surface area contributed by atoms with Gasteiger partial charge in [-0.25, -0.2) is 0 Å². The zero-order valence-corrected chi connectivity index (χ0v) is 21.5. The van der Waals surface area contributed by atoms with Gasteiger partial charge in [-0.2, -0.15) is 0 Å². The lowest BCUT2D eigenvalue weighted by Gasteiger charge is -2.35. The minimum atomic E-state index is -0.693. The zero-order valence-electron chi connectivity index (χ0n) is 21.5. The van der Waals surface area contributed by atoms with E-state index in [-0.39, 0.29) is 23.8 Å². The van der Waals surface area contributed by atoms with E-state index in [4.69, 9.17) is 4.74 Å². The highest BCUT2D eigenvalue weighted by Gasteiger charge is 2.28. The number of hydrogen-bond acceptors (Lipinski definition) is 6. The van der Waals surface area contributed by atoms with Crippen molar-refractivity contribution in [2.75, 3.05) is 18.6 Å². The molecule has 2 aromatic heterocycles. The Morgan fingerprint density at radius 3 is 2.66 bits per heavy atom. The monoisotopic (exact) mass is 482 g/mol. The highest BCUT2D eigenvalue weighted by Crippen LogP contribution is 2.28. The Hall–Kier alpha value is -3.16. The molecule has 0 radical (unpaired) electrons. The van der Waals surface area contributed by atoms with Gasteiger partial charge in [-0.15, -0.1) is 0 Å². The molecule has 0 saturated carbocycles. The van der Waals surface area contributed by atoms with Crippen LogP contribution in [0.15, 0.2) is 41.6 Å². The molecule has 2 aromatic rings. The molecule has 35 heavy (non-hydrogen) atoms. The molecule has 190 valence electrons.